The number of rotatable bonds is 5. The summed E-state index contributed by atoms with van der Waals surface area (Å²) >= 11 is 10.0. The van der Waals surface area contributed by atoms with Crippen LogP contribution in [-0.4, -0.2) is 7.11 Å². The van der Waals surface area contributed by atoms with Crippen molar-refractivity contribution in [1.82, 2.24) is 0 Å². The molecule has 1 aliphatic heterocycles. The number of hydrogen-bond acceptors (Lipinski definition) is 3. The average Bonchev–Trinajstić information content (AvgIpc) is 3.33. The Bertz CT molecular complexity index is 1280. The summed E-state index contributed by atoms with van der Waals surface area (Å²) < 4.78 is 53.9. The molecule has 0 bridgehead atoms. The van der Waals surface area contributed by atoms with E-state index in [0.717, 1.165) is 17.2 Å². The highest BCUT2D eigenvalue weighted by atomic mass is 79.9. The number of anilines is 1. The molecule has 0 fully saturated rings. The molecule has 3 nitrogen and oxygen atoms in total. The molecule has 182 valence electrons. The lowest BCUT2D eigenvalue weighted by molar-refractivity contribution is -0.138. The Balaban J connectivity index is 1.52. The zero-order valence-corrected chi connectivity index (χ0v) is 21.0. The van der Waals surface area contributed by atoms with Crippen LogP contribution < -0.4 is 14.8 Å². The van der Waals surface area contributed by atoms with Gasteiger partial charge >= 0.3 is 6.18 Å². The molecule has 2 aliphatic rings. The molecule has 0 aromatic heterocycles. The van der Waals surface area contributed by atoms with Gasteiger partial charge in [0.1, 0.15) is 6.61 Å². The van der Waals surface area contributed by atoms with Crippen LogP contribution in [0.5, 0.6) is 11.5 Å². The summed E-state index contributed by atoms with van der Waals surface area (Å²) in [5, 5.41) is 3.60. The van der Waals surface area contributed by atoms with E-state index in [0.29, 0.717) is 34.7 Å². The van der Waals surface area contributed by atoms with Gasteiger partial charge in [-0.25, -0.2) is 0 Å². The van der Waals surface area contributed by atoms with Gasteiger partial charge in [-0.3, -0.25) is 0 Å². The second-order valence-electron chi connectivity index (χ2n) is 8.67. The van der Waals surface area contributed by atoms with Gasteiger partial charge < -0.3 is 14.8 Å². The van der Waals surface area contributed by atoms with Crippen LogP contribution >= 0.6 is 27.5 Å². The maximum Gasteiger partial charge on any atom is 0.416 e. The summed E-state index contributed by atoms with van der Waals surface area (Å²) in [4.78, 5) is 0. The second-order valence-corrected chi connectivity index (χ2v) is 9.93. The Morgan fingerprint density at radius 1 is 1.11 bits per heavy atom. The lowest BCUT2D eigenvalue weighted by atomic mass is 9.75. The van der Waals surface area contributed by atoms with Crippen LogP contribution in [0.25, 0.3) is 0 Å². The number of benzene rings is 3. The zero-order valence-electron chi connectivity index (χ0n) is 18.7. The Kier molecular flexibility index (Phi) is 6.49. The van der Waals surface area contributed by atoms with Crippen LogP contribution in [0.15, 0.2) is 71.2 Å². The SMILES string of the molecule is COc1cc([C@H]2Nc3c(Cl)ccc(C(F)(F)F)c3C3C=CCC32)cc(Br)c1OCc1ccccc1. The van der Waals surface area contributed by atoms with Crippen molar-refractivity contribution in [3.8, 4) is 11.5 Å². The van der Waals surface area contributed by atoms with Gasteiger partial charge in [-0.15, -0.1) is 0 Å². The van der Waals surface area contributed by atoms with Gasteiger partial charge in [0.15, 0.2) is 11.5 Å². The molecule has 35 heavy (non-hydrogen) atoms. The third kappa shape index (κ3) is 4.52. The lowest BCUT2D eigenvalue weighted by Crippen LogP contribution is -2.31. The fraction of sp³-hybridized carbons (Fsp3) is 0.259. The number of fused-ring (bicyclic) bond motifs is 3. The summed E-state index contributed by atoms with van der Waals surface area (Å²) in [5.41, 5.74) is 1.80. The van der Waals surface area contributed by atoms with E-state index in [4.69, 9.17) is 21.1 Å². The predicted molar refractivity (Wildman–Crippen MR) is 134 cm³/mol. The van der Waals surface area contributed by atoms with E-state index in [1.54, 1.807) is 7.11 Å². The standard InChI is InChI=1S/C27H22BrClF3NO2/c1-34-22-13-16(12-20(28)26(22)35-14-15-6-3-2-4-7-15)24-18-9-5-8-17(18)23-19(27(30,31)32)10-11-21(29)25(23)33-24/h2-8,10-13,17-18,24,33H,9,14H2,1H3/t17?,18?,24-/m1/s1. The molecule has 3 aromatic carbocycles. The molecule has 1 N–H and O–H groups in total. The minimum atomic E-state index is -4.46. The monoisotopic (exact) mass is 563 g/mol. The number of halogens is 5. The number of nitrogens with one attached hydrogen (secondary N) is 1. The smallest absolute Gasteiger partial charge is 0.416 e. The molecular formula is C27H22BrClF3NO2. The van der Waals surface area contributed by atoms with Crippen molar-refractivity contribution < 1.29 is 22.6 Å². The molecule has 1 aliphatic carbocycles. The second kappa shape index (κ2) is 9.43. The quantitative estimate of drug-likeness (QED) is 0.315. The van der Waals surface area contributed by atoms with E-state index < -0.39 is 17.7 Å². The van der Waals surface area contributed by atoms with Gasteiger partial charge in [-0.05, 0) is 69.2 Å². The van der Waals surface area contributed by atoms with Crippen molar-refractivity contribution in [3.05, 3.63) is 98.5 Å². The lowest BCUT2D eigenvalue weighted by Gasteiger charge is -2.39. The van der Waals surface area contributed by atoms with Crippen molar-refractivity contribution in [2.75, 3.05) is 12.4 Å². The van der Waals surface area contributed by atoms with Crippen molar-refractivity contribution >= 4 is 33.2 Å². The normalized spacial score (nSPS) is 20.7. The van der Waals surface area contributed by atoms with Crippen molar-refractivity contribution in [3.63, 3.8) is 0 Å². The molecule has 0 amide bonds. The Hall–Kier alpha value is -2.64. The highest BCUT2D eigenvalue weighted by molar-refractivity contribution is 9.10. The van der Waals surface area contributed by atoms with E-state index in [1.807, 2.05) is 54.6 Å². The number of methoxy groups -OCH3 is 1. The molecule has 2 unspecified atom stereocenters. The number of allylic oxidation sites excluding steroid dienone is 2. The van der Waals surface area contributed by atoms with E-state index >= 15 is 0 Å². The minimum Gasteiger partial charge on any atom is -0.493 e. The van der Waals surface area contributed by atoms with E-state index in [1.165, 1.54) is 6.07 Å². The largest absolute Gasteiger partial charge is 0.493 e. The first-order valence-electron chi connectivity index (χ1n) is 11.1. The highest BCUT2D eigenvalue weighted by Gasteiger charge is 2.45. The van der Waals surface area contributed by atoms with Crippen LogP contribution in [0.2, 0.25) is 5.02 Å². The molecule has 0 saturated heterocycles. The molecule has 0 saturated carbocycles. The van der Waals surface area contributed by atoms with Crippen LogP contribution in [0.3, 0.4) is 0 Å². The number of alkyl halides is 3. The average molecular weight is 565 g/mol. The van der Waals surface area contributed by atoms with Crippen molar-refractivity contribution in [2.45, 2.75) is 31.2 Å². The molecule has 5 rings (SSSR count). The summed E-state index contributed by atoms with van der Waals surface area (Å²) in [6, 6.07) is 15.7. The van der Waals surface area contributed by atoms with Crippen molar-refractivity contribution in [2.24, 2.45) is 5.92 Å². The highest BCUT2D eigenvalue weighted by Crippen LogP contribution is 2.55. The van der Waals surface area contributed by atoms with E-state index in [-0.39, 0.29) is 22.5 Å². The Morgan fingerprint density at radius 3 is 2.60 bits per heavy atom. The molecule has 3 atom stereocenters. The van der Waals surface area contributed by atoms with Crippen LogP contribution in [0, 0.1) is 5.92 Å². The van der Waals surface area contributed by atoms with Crippen LogP contribution in [0.1, 0.15) is 40.6 Å². The van der Waals surface area contributed by atoms with E-state index in [9.17, 15) is 13.2 Å². The first kappa shape index (κ1) is 24.1. The summed E-state index contributed by atoms with van der Waals surface area (Å²) in [7, 11) is 1.57. The van der Waals surface area contributed by atoms with Gasteiger partial charge in [0.05, 0.1) is 33.9 Å². The number of hydrogen-bond donors (Lipinski definition) is 1. The predicted octanol–water partition coefficient (Wildman–Crippen LogP) is 8.54. The fourth-order valence-corrected chi connectivity index (χ4v) is 5.83. The summed E-state index contributed by atoms with van der Waals surface area (Å²) in [6.07, 6.45) is 0.00223. The Morgan fingerprint density at radius 2 is 1.89 bits per heavy atom. The molecule has 0 spiro atoms. The maximum atomic E-state index is 13.8. The molecule has 8 heteroatoms. The van der Waals surface area contributed by atoms with Gasteiger partial charge in [0, 0.05) is 5.92 Å². The fourth-order valence-electron chi connectivity index (χ4n) is 5.04. The van der Waals surface area contributed by atoms with Gasteiger partial charge in [0.2, 0.25) is 0 Å². The summed E-state index contributed by atoms with van der Waals surface area (Å²) in [5.74, 6) is 0.602. The third-order valence-corrected chi connectivity index (χ3v) is 7.52. The van der Waals surface area contributed by atoms with E-state index in [2.05, 4.69) is 21.2 Å². The molecule has 0 radical (unpaired) electrons. The Labute approximate surface area is 215 Å². The van der Waals surface area contributed by atoms with Crippen LogP contribution in [-0.2, 0) is 12.8 Å². The van der Waals surface area contributed by atoms with Gasteiger partial charge in [0.25, 0.3) is 0 Å². The minimum absolute atomic E-state index is 0.102. The van der Waals surface area contributed by atoms with Crippen LogP contribution in [0.4, 0.5) is 18.9 Å². The number of ether oxygens (including phenoxy) is 2. The molecular weight excluding hydrogens is 543 g/mol. The first-order valence-corrected chi connectivity index (χ1v) is 12.3. The topological polar surface area (TPSA) is 30.5 Å². The van der Waals surface area contributed by atoms with Gasteiger partial charge in [-0.1, -0.05) is 54.1 Å². The van der Waals surface area contributed by atoms with Crippen molar-refractivity contribution in [1.29, 1.82) is 0 Å². The first-order chi connectivity index (χ1) is 16.8. The maximum absolute atomic E-state index is 13.8. The third-order valence-electron chi connectivity index (χ3n) is 6.61. The van der Waals surface area contributed by atoms with Gasteiger partial charge in [-0.2, -0.15) is 13.2 Å². The summed E-state index contributed by atoms with van der Waals surface area (Å²) in [6.45, 7) is 0.370. The molecule has 3 aromatic rings. The zero-order chi connectivity index (χ0) is 24.7. The molecule has 1 heterocycles.